The Bertz CT molecular complexity index is 1570. The van der Waals surface area contributed by atoms with Crippen LogP contribution >= 0.6 is 11.8 Å². The van der Waals surface area contributed by atoms with Gasteiger partial charge in [0.2, 0.25) is 5.88 Å². The van der Waals surface area contributed by atoms with Gasteiger partial charge in [-0.3, -0.25) is 4.79 Å². The molecule has 3 aromatic rings. The molecule has 1 aliphatic rings. The van der Waals surface area contributed by atoms with Crippen LogP contribution in [0.3, 0.4) is 0 Å². The van der Waals surface area contributed by atoms with Crippen LogP contribution in [0.5, 0.6) is 11.6 Å². The Morgan fingerprint density at radius 1 is 1.12 bits per heavy atom. The van der Waals surface area contributed by atoms with Gasteiger partial charge >= 0.3 is 12.1 Å². The second-order valence-corrected chi connectivity index (χ2v) is 13.8. The SMILES string of the molecule is CCc1cc(OCCCS(C)(=O)=O)cc(CC)c1-c1cccc(COc2ncc3c(c2C(F)(F)F)SCC3CC(=O)O)c1. The fraction of sp³-hybridized carbons (Fsp3) is 0.419. The van der Waals surface area contributed by atoms with Crippen molar-refractivity contribution in [3.05, 3.63) is 70.4 Å². The maximum Gasteiger partial charge on any atom is 0.422 e. The number of thioether (sulfide) groups is 1. The van der Waals surface area contributed by atoms with Crippen molar-refractivity contribution >= 4 is 27.6 Å². The van der Waals surface area contributed by atoms with Crippen molar-refractivity contribution in [2.75, 3.05) is 24.4 Å². The number of fused-ring (bicyclic) bond motifs is 1. The summed E-state index contributed by atoms with van der Waals surface area (Å²) in [5.41, 5.74) is 3.95. The highest BCUT2D eigenvalue weighted by molar-refractivity contribution is 7.99. The minimum Gasteiger partial charge on any atom is -0.494 e. The summed E-state index contributed by atoms with van der Waals surface area (Å²) in [6.07, 6.45) is -0.682. The molecule has 4 rings (SSSR count). The number of pyridine rings is 1. The summed E-state index contributed by atoms with van der Waals surface area (Å²) >= 11 is 0.983. The molecule has 0 aliphatic carbocycles. The van der Waals surface area contributed by atoms with Gasteiger partial charge in [-0.05, 0) is 70.8 Å². The Morgan fingerprint density at radius 3 is 2.42 bits per heavy atom. The molecule has 1 aromatic heterocycles. The van der Waals surface area contributed by atoms with Crippen LogP contribution in [0.15, 0.2) is 47.5 Å². The molecule has 12 heteroatoms. The third kappa shape index (κ3) is 8.23. The van der Waals surface area contributed by atoms with E-state index in [0.29, 0.717) is 30.6 Å². The van der Waals surface area contributed by atoms with Gasteiger partial charge in [0.1, 0.15) is 27.8 Å². The van der Waals surface area contributed by atoms with Gasteiger partial charge in [0.25, 0.3) is 0 Å². The Hall–Kier alpha value is -3.25. The zero-order valence-electron chi connectivity index (χ0n) is 24.2. The third-order valence-electron chi connectivity index (χ3n) is 7.15. The van der Waals surface area contributed by atoms with Gasteiger partial charge in [-0.1, -0.05) is 32.0 Å². The molecule has 43 heavy (non-hydrogen) atoms. The Morgan fingerprint density at radius 2 is 1.81 bits per heavy atom. The number of carbonyl (C=O) groups is 1. The van der Waals surface area contributed by atoms with E-state index in [4.69, 9.17) is 14.6 Å². The summed E-state index contributed by atoms with van der Waals surface area (Å²) in [6, 6.07) is 11.3. The van der Waals surface area contributed by atoms with E-state index < -0.39 is 39.3 Å². The number of carboxylic acid groups (broad SMARTS) is 1. The van der Waals surface area contributed by atoms with E-state index in [1.54, 1.807) is 6.07 Å². The van der Waals surface area contributed by atoms with Crippen molar-refractivity contribution in [1.29, 1.82) is 0 Å². The quantitative estimate of drug-likeness (QED) is 0.201. The van der Waals surface area contributed by atoms with Crippen LogP contribution in [-0.4, -0.2) is 48.8 Å². The number of nitrogens with zero attached hydrogens (tertiary/aromatic N) is 1. The number of hydrogen-bond acceptors (Lipinski definition) is 7. The van der Waals surface area contributed by atoms with Crippen LogP contribution in [0.25, 0.3) is 11.1 Å². The van der Waals surface area contributed by atoms with Crippen LogP contribution in [0.1, 0.15) is 60.4 Å². The van der Waals surface area contributed by atoms with Gasteiger partial charge in [-0.25, -0.2) is 13.4 Å². The maximum absolute atomic E-state index is 14.2. The molecule has 1 unspecified atom stereocenters. The molecular formula is C31H34F3NO6S2. The van der Waals surface area contributed by atoms with Crippen molar-refractivity contribution in [2.45, 2.75) is 63.1 Å². The van der Waals surface area contributed by atoms with Crippen molar-refractivity contribution in [3.8, 4) is 22.8 Å². The van der Waals surface area contributed by atoms with E-state index in [1.165, 1.54) is 12.5 Å². The van der Waals surface area contributed by atoms with Crippen LogP contribution in [0.4, 0.5) is 13.2 Å². The Kier molecular flexibility index (Phi) is 10.3. The highest BCUT2D eigenvalue weighted by atomic mass is 32.2. The van der Waals surface area contributed by atoms with Gasteiger partial charge in [-0.15, -0.1) is 11.8 Å². The van der Waals surface area contributed by atoms with Crippen LogP contribution in [0, 0.1) is 0 Å². The number of carboxylic acids is 1. The summed E-state index contributed by atoms with van der Waals surface area (Å²) in [4.78, 5) is 15.1. The fourth-order valence-corrected chi connectivity index (χ4v) is 7.22. The molecule has 2 aromatic carbocycles. The number of hydrogen-bond donors (Lipinski definition) is 1. The first-order valence-corrected chi connectivity index (χ1v) is 17.0. The third-order valence-corrected chi connectivity index (χ3v) is 9.48. The standard InChI is InChI=1S/C31H34F3NO6S2/c1-4-20-13-24(40-10-7-11-43(3,38)39)14-21(5-2)27(20)22-9-6-8-19(12-22)17-41-30-28(31(32,33)34)29-25(16-35-30)23(18-42-29)15-26(36)37/h6,8-9,12-14,16,23H,4-5,7,10-11,15,17-18H2,1-3H3,(H,36,37). The zero-order valence-corrected chi connectivity index (χ0v) is 25.8. The molecule has 0 spiro atoms. The number of sulfone groups is 1. The number of aliphatic carboxylic acids is 1. The smallest absolute Gasteiger partial charge is 0.422 e. The predicted octanol–water partition coefficient (Wildman–Crippen LogP) is 6.95. The van der Waals surface area contributed by atoms with E-state index in [2.05, 4.69) is 4.98 Å². The molecule has 7 nitrogen and oxygen atoms in total. The second-order valence-electron chi connectivity index (χ2n) is 10.5. The largest absolute Gasteiger partial charge is 0.494 e. The summed E-state index contributed by atoms with van der Waals surface area (Å²) in [5, 5.41) is 9.14. The Labute approximate surface area is 253 Å². The molecule has 0 radical (unpaired) electrons. The summed E-state index contributed by atoms with van der Waals surface area (Å²) in [7, 11) is -3.06. The number of alkyl halides is 3. The second kappa shape index (κ2) is 13.6. The van der Waals surface area contributed by atoms with Gasteiger partial charge in [0.05, 0.1) is 18.8 Å². The number of benzene rings is 2. The Balaban J connectivity index is 1.57. The number of aromatic nitrogens is 1. The highest BCUT2D eigenvalue weighted by Gasteiger charge is 2.42. The first-order valence-electron chi connectivity index (χ1n) is 13.9. The number of aryl methyl sites for hydroxylation is 2. The molecule has 0 saturated heterocycles. The van der Waals surface area contributed by atoms with E-state index in [0.717, 1.165) is 34.0 Å². The molecule has 0 saturated carbocycles. The first kappa shape index (κ1) is 32.7. The molecular weight excluding hydrogens is 603 g/mol. The topological polar surface area (TPSA) is 103 Å². The van der Waals surface area contributed by atoms with Crippen molar-refractivity contribution in [1.82, 2.24) is 4.98 Å². The van der Waals surface area contributed by atoms with Crippen LogP contribution in [-0.2, 0) is 40.3 Å². The van der Waals surface area contributed by atoms with E-state index in [-0.39, 0.29) is 41.6 Å². The molecule has 0 fully saturated rings. The molecule has 1 atom stereocenters. The zero-order chi connectivity index (χ0) is 31.4. The minimum atomic E-state index is -4.72. The van der Waals surface area contributed by atoms with Gasteiger partial charge in [0, 0.05) is 29.0 Å². The van der Waals surface area contributed by atoms with E-state index in [1.807, 2.05) is 44.2 Å². The lowest BCUT2D eigenvalue weighted by molar-refractivity contribution is -0.141. The lowest BCUT2D eigenvalue weighted by atomic mass is 9.90. The normalized spacial score (nSPS) is 14.9. The lowest BCUT2D eigenvalue weighted by Crippen LogP contribution is -2.13. The molecule has 1 aliphatic heterocycles. The van der Waals surface area contributed by atoms with Gasteiger partial charge in [0.15, 0.2) is 0 Å². The van der Waals surface area contributed by atoms with E-state index in [9.17, 15) is 26.4 Å². The number of ether oxygens (including phenoxy) is 2. The molecule has 1 N–H and O–H groups in total. The predicted molar refractivity (Wildman–Crippen MR) is 160 cm³/mol. The summed E-state index contributed by atoms with van der Waals surface area (Å²) in [6.45, 7) is 4.18. The lowest BCUT2D eigenvalue weighted by Gasteiger charge is -2.18. The highest BCUT2D eigenvalue weighted by Crippen LogP contribution is 2.50. The molecule has 0 amide bonds. The van der Waals surface area contributed by atoms with E-state index >= 15 is 0 Å². The van der Waals surface area contributed by atoms with Crippen molar-refractivity contribution < 1.29 is 41.0 Å². The maximum atomic E-state index is 14.2. The van der Waals surface area contributed by atoms with Crippen LogP contribution < -0.4 is 9.47 Å². The minimum absolute atomic E-state index is 0.0173. The number of halogens is 3. The fourth-order valence-electron chi connectivity index (χ4n) is 5.18. The summed E-state index contributed by atoms with van der Waals surface area (Å²) < 4.78 is 76.9. The van der Waals surface area contributed by atoms with Crippen LogP contribution in [0.2, 0.25) is 0 Å². The number of rotatable bonds is 13. The van der Waals surface area contributed by atoms with Gasteiger partial charge < -0.3 is 14.6 Å². The van der Waals surface area contributed by atoms with Crippen molar-refractivity contribution in [3.63, 3.8) is 0 Å². The molecule has 232 valence electrons. The first-order chi connectivity index (χ1) is 20.3. The average Bonchev–Trinajstić information content (AvgIpc) is 3.34. The van der Waals surface area contributed by atoms with Gasteiger partial charge in [-0.2, -0.15) is 13.2 Å². The average molecular weight is 638 g/mol. The molecule has 0 bridgehead atoms. The molecule has 2 heterocycles. The van der Waals surface area contributed by atoms with Crippen molar-refractivity contribution in [2.24, 2.45) is 0 Å². The monoisotopic (exact) mass is 637 g/mol. The summed E-state index contributed by atoms with van der Waals surface area (Å²) in [5.74, 6) is -1.19.